The maximum absolute atomic E-state index is 12.8. The molecule has 0 aliphatic rings. The zero-order chi connectivity index (χ0) is 14.9. The van der Waals surface area contributed by atoms with Crippen LogP contribution in [0.5, 0.6) is 0 Å². The normalized spacial score (nSPS) is 10.9. The average Bonchev–Trinajstić information content (AvgIpc) is 2.50. The maximum atomic E-state index is 12.8. The third-order valence-electron chi connectivity index (χ3n) is 3.16. The maximum Gasteiger partial charge on any atom is 0.188 e. The van der Waals surface area contributed by atoms with Gasteiger partial charge in [0.25, 0.3) is 0 Å². The van der Waals surface area contributed by atoms with Crippen molar-refractivity contribution < 1.29 is 4.39 Å². The number of benzene rings is 2. The van der Waals surface area contributed by atoms with Gasteiger partial charge < -0.3 is 11.1 Å². The van der Waals surface area contributed by atoms with E-state index >= 15 is 0 Å². The Morgan fingerprint density at radius 2 is 1.59 bits per heavy atom. The number of aliphatic imine (C=N–C) groups is 1. The first-order valence-electron chi connectivity index (χ1n) is 7.06. The summed E-state index contributed by atoms with van der Waals surface area (Å²) in [6.07, 6.45) is 1.66. The molecule has 0 heterocycles. The Balaban J connectivity index is 0.00000242. The Kier molecular flexibility index (Phi) is 8.50. The van der Waals surface area contributed by atoms with Crippen molar-refractivity contribution in [3.63, 3.8) is 0 Å². The lowest BCUT2D eigenvalue weighted by atomic mass is 10.1. The van der Waals surface area contributed by atoms with Gasteiger partial charge in [-0.2, -0.15) is 0 Å². The Morgan fingerprint density at radius 3 is 2.27 bits per heavy atom. The molecule has 0 radical (unpaired) electrons. The van der Waals surface area contributed by atoms with Gasteiger partial charge in [0.1, 0.15) is 5.82 Å². The molecular formula is C17H21FIN3. The molecular weight excluding hydrogens is 392 g/mol. The number of nitrogens with two attached hydrogens (primary N) is 1. The van der Waals surface area contributed by atoms with Crippen molar-refractivity contribution in [3.05, 3.63) is 71.5 Å². The predicted molar refractivity (Wildman–Crippen MR) is 100 cm³/mol. The summed E-state index contributed by atoms with van der Waals surface area (Å²) in [5, 5.41) is 3.09. The third-order valence-corrected chi connectivity index (χ3v) is 3.16. The Bertz CT molecular complexity index is 570. The zero-order valence-corrected chi connectivity index (χ0v) is 14.7. The van der Waals surface area contributed by atoms with Crippen molar-refractivity contribution in [3.8, 4) is 0 Å². The van der Waals surface area contributed by atoms with Crippen LogP contribution in [0.4, 0.5) is 4.39 Å². The van der Waals surface area contributed by atoms with Gasteiger partial charge in [0.2, 0.25) is 0 Å². The largest absolute Gasteiger partial charge is 0.370 e. The van der Waals surface area contributed by atoms with Crippen LogP contribution in [0.3, 0.4) is 0 Å². The van der Waals surface area contributed by atoms with Gasteiger partial charge in [-0.3, -0.25) is 4.99 Å². The van der Waals surface area contributed by atoms with Crippen LogP contribution in [0.1, 0.15) is 11.1 Å². The molecule has 0 atom stereocenters. The summed E-state index contributed by atoms with van der Waals surface area (Å²) in [6.45, 7) is 1.35. The summed E-state index contributed by atoms with van der Waals surface area (Å²) in [5.74, 6) is 0.234. The molecule has 3 N–H and O–H groups in total. The number of guanidine groups is 1. The third kappa shape index (κ3) is 6.89. The fraction of sp³-hybridized carbons (Fsp3) is 0.235. The van der Waals surface area contributed by atoms with Crippen molar-refractivity contribution in [1.29, 1.82) is 0 Å². The minimum atomic E-state index is -0.218. The first-order chi connectivity index (χ1) is 10.2. The zero-order valence-electron chi connectivity index (χ0n) is 12.3. The van der Waals surface area contributed by atoms with Gasteiger partial charge >= 0.3 is 0 Å². The summed E-state index contributed by atoms with van der Waals surface area (Å²) in [5.41, 5.74) is 8.13. The Hall–Kier alpha value is -1.63. The summed E-state index contributed by atoms with van der Waals surface area (Å²) >= 11 is 0. The molecule has 2 aromatic carbocycles. The lowest BCUT2D eigenvalue weighted by Gasteiger charge is -2.06. The minimum absolute atomic E-state index is 0. The van der Waals surface area contributed by atoms with Crippen molar-refractivity contribution >= 4 is 29.9 Å². The van der Waals surface area contributed by atoms with Gasteiger partial charge in [0, 0.05) is 13.1 Å². The number of hydrogen-bond acceptors (Lipinski definition) is 1. The van der Waals surface area contributed by atoms with Gasteiger partial charge in [-0.15, -0.1) is 24.0 Å². The fourth-order valence-corrected chi connectivity index (χ4v) is 1.99. The van der Waals surface area contributed by atoms with E-state index in [0.29, 0.717) is 12.5 Å². The smallest absolute Gasteiger partial charge is 0.188 e. The van der Waals surface area contributed by atoms with Gasteiger partial charge in [-0.05, 0) is 36.1 Å². The molecule has 3 nitrogen and oxygen atoms in total. The number of nitrogens with zero attached hydrogens (tertiary/aromatic N) is 1. The second kappa shape index (κ2) is 10.2. The topological polar surface area (TPSA) is 50.4 Å². The highest BCUT2D eigenvalue weighted by molar-refractivity contribution is 14.0. The van der Waals surface area contributed by atoms with Crippen LogP contribution in [0.2, 0.25) is 0 Å². The van der Waals surface area contributed by atoms with Gasteiger partial charge in [-0.1, -0.05) is 42.5 Å². The summed E-state index contributed by atoms with van der Waals surface area (Å²) in [4.78, 5) is 4.26. The fourth-order valence-electron chi connectivity index (χ4n) is 1.99. The molecule has 2 aromatic rings. The monoisotopic (exact) mass is 413 g/mol. The highest BCUT2D eigenvalue weighted by Crippen LogP contribution is 2.03. The standard InChI is InChI=1S/C17H20FN3.HI/c18-16-8-6-15(7-9-16)11-13-21-17(19)20-12-10-14-4-2-1-3-5-14;/h1-9H,10-13H2,(H3,19,20,21);1H. The van der Waals surface area contributed by atoms with Crippen LogP contribution in [0.25, 0.3) is 0 Å². The molecule has 22 heavy (non-hydrogen) atoms. The highest BCUT2D eigenvalue weighted by atomic mass is 127. The van der Waals surface area contributed by atoms with Crippen molar-refractivity contribution in [1.82, 2.24) is 5.32 Å². The second-order valence-corrected chi connectivity index (χ2v) is 4.81. The molecule has 0 fully saturated rings. The van der Waals surface area contributed by atoms with Gasteiger partial charge in [0.15, 0.2) is 5.96 Å². The second-order valence-electron chi connectivity index (χ2n) is 4.81. The molecule has 0 bridgehead atoms. The van der Waals surface area contributed by atoms with E-state index in [-0.39, 0.29) is 29.8 Å². The first-order valence-corrected chi connectivity index (χ1v) is 7.06. The molecule has 5 heteroatoms. The number of halogens is 2. The van der Waals surface area contributed by atoms with Crippen LogP contribution in [-0.2, 0) is 12.8 Å². The quantitative estimate of drug-likeness (QED) is 0.435. The lowest BCUT2D eigenvalue weighted by molar-refractivity contribution is 0.627. The van der Waals surface area contributed by atoms with Crippen LogP contribution >= 0.6 is 24.0 Å². The lowest BCUT2D eigenvalue weighted by Crippen LogP contribution is -2.33. The van der Waals surface area contributed by atoms with E-state index in [2.05, 4.69) is 22.4 Å². The van der Waals surface area contributed by atoms with E-state index in [0.717, 1.165) is 24.9 Å². The average molecular weight is 413 g/mol. The molecule has 0 amide bonds. The molecule has 0 saturated carbocycles. The Labute approximate surface area is 147 Å². The molecule has 0 aromatic heterocycles. The SMILES string of the molecule is I.NC(=NCCc1ccc(F)cc1)NCCc1ccccc1. The number of rotatable bonds is 6. The summed E-state index contributed by atoms with van der Waals surface area (Å²) in [7, 11) is 0. The predicted octanol–water partition coefficient (Wildman–Crippen LogP) is 3.13. The molecule has 0 saturated heterocycles. The minimum Gasteiger partial charge on any atom is -0.370 e. The number of nitrogens with one attached hydrogen (secondary N) is 1. The molecule has 118 valence electrons. The van der Waals surface area contributed by atoms with Crippen molar-refractivity contribution in [2.24, 2.45) is 10.7 Å². The van der Waals surface area contributed by atoms with Gasteiger partial charge in [-0.25, -0.2) is 4.39 Å². The van der Waals surface area contributed by atoms with Crippen LogP contribution in [0, 0.1) is 5.82 Å². The van der Waals surface area contributed by atoms with E-state index in [9.17, 15) is 4.39 Å². The van der Waals surface area contributed by atoms with Crippen LogP contribution in [-0.4, -0.2) is 19.0 Å². The van der Waals surface area contributed by atoms with Crippen LogP contribution in [0.15, 0.2) is 59.6 Å². The van der Waals surface area contributed by atoms with E-state index < -0.39 is 0 Å². The van der Waals surface area contributed by atoms with Crippen molar-refractivity contribution in [2.45, 2.75) is 12.8 Å². The molecule has 0 spiro atoms. The number of hydrogen-bond donors (Lipinski definition) is 2. The molecule has 0 unspecified atom stereocenters. The van der Waals surface area contributed by atoms with E-state index in [1.807, 2.05) is 18.2 Å². The summed E-state index contributed by atoms with van der Waals surface area (Å²) in [6, 6.07) is 16.7. The van der Waals surface area contributed by atoms with E-state index in [1.165, 1.54) is 17.7 Å². The summed E-state index contributed by atoms with van der Waals surface area (Å²) < 4.78 is 12.8. The highest BCUT2D eigenvalue weighted by Gasteiger charge is 1.96. The van der Waals surface area contributed by atoms with Gasteiger partial charge in [0.05, 0.1) is 0 Å². The Morgan fingerprint density at radius 1 is 0.955 bits per heavy atom. The van der Waals surface area contributed by atoms with E-state index in [1.54, 1.807) is 12.1 Å². The van der Waals surface area contributed by atoms with Crippen LogP contribution < -0.4 is 11.1 Å². The van der Waals surface area contributed by atoms with E-state index in [4.69, 9.17) is 5.73 Å². The van der Waals surface area contributed by atoms with Crippen molar-refractivity contribution in [2.75, 3.05) is 13.1 Å². The molecule has 0 aliphatic carbocycles. The molecule has 2 rings (SSSR count). The molecule has 0 aliphatic heterocycles. The first kappa shape index (κ1) is 18.4.